The van der Waals surface area contributed by atoms with Crippen molar-refractivity contribution >= 4 is 51.9 Å². The summed E-state index contributed by atoms with van der Waals surface area (Å²) in [6, 6.07) is 4.69. The molecule has 116 valence electrons. The molecule has 7 heteroatoms. The molecule has 0 bridgehead atoms. The molecular formula is C14H18ClIN2O3. The monoisotopic (exact) mass is 424 g/mol. The summed E-state index contributed by atoms with van der Waals surface area (Å²) in [7, 11) is 0. The molecule has 0 spiro atoms. The van der Waals surface area contributed by atoms with Crippen molar-refractivity contribution in [3.05, 3.63) is 26.8 Å². The van der Waals surface area contributed by atoms with Crippen LogP contribution in [0, 0.1) is 15.4 Å². The standard InChI is InChI=1S/C14H18ClIN2O3/c1-8(2)5-9(13(19)20)7-17-14(21)18-12-4-3-10(15)6-11(12)16/h3-4,6,8-9H,5,7H2,1-2H3,(H,19,20)(H2,17,18,21). The second-order valence-corrected chi connectivity index (χ2v) is 6.72. The van der Waals surface area contributed by atoms with Crippen LogP contribution in [-0.4, -0.2) is 23.7 Å². The largest absolute Gasteiger partial charge is 0.481 e. The zero-order chi connectivity index (χ0) is 16.0. The highest BCUT2D eigenvalue weighted by Gasteiger charge is 2.19. The van der Waals surface area contributed by atoms with Crippen LogP contribution < -0.4 is 10.6 Å². The van der Waals surface area contributed by atoms with Gasteiger partial charge in [0.25, 0.3) is 0 Å². The van der Waals surface area contributed by atoms with E-state index >= 15 is 0 Å². The Labute approximate surface area is 142 Å². The van der Waals surface area contributed by atoms with Crippen molar-refractivity contribution in [1.82, 2.24) is 5.32 Å². The first-order valence-electron chi connectivity index (χ1n) is 6.52. The smallest absolute Gasteiger partial charge is 0.319 e. The quantitative estimate of drug-likeness (QED) is 0.608. The highest BCUT2D eigenvalue weighted by Crippen LogP contribution is 2.22. The van der Waals surface area contributed by atoms with Crippen molar-refractivity contribution in [2.75, 3.05) is 11.9 Å². The Bertz CT molecular complexity index is 523. The van der Waals surface area contributed by atoms with E-state index in [-0.39, 0.29) is 12.5 Å². The van der Waals surface area contributed by atoms with Gasteiger partial charge >= 0.3 is 12.0 Å². The molecule has 0 aliphatic heterocycles. The molecule has 1 atom stereocenters. The third-order valence-electron chi connectivity index (χ3n) is 2.79. The Morgan fingerprint density at radius 3 is 2.57 bits per heavy atom. The highest BCUT2D eigenvalue weighted by atomic mass is 127. The topological polar surface area (TPSA) is 78.4 Å². The van der Waals surface area contributed by atoms with E-state index in [1.807, 2.05) is 13.8 Å². The molecule has 21 heavy (non-hydrogen) atoms. The van der Waals surface area contributed by atoms with Crippen molar-refractivity contribution < 1.29 is 14.7 Å². The zero-order valence-corrected chi connectivity index (χ0v) is 14.7. The molecule has 3 N–H and O–H groups in total. The van der Waals surface area contributed by atoms with Crippen LogP contribution in [0.25, 0.3) is 0 Å². The van der Waals surface area contributed by atoms with Gasteiger partial charge in [0.05, 0.1) is 11.6 Å². The second kappa shape index (κ2) is 8.43. The van der Waals surface area contributed by atoms with Gasteiger partial charge in [-0.05, 0) is 53.1 Å². The van der Waals surface area contributed by atoms with E-state index in [0.29, 0.717) is 17.1 Å². The highest BCUT2D eigenvalue weighted by molar-refractivity contribution is 14.1. The second-order valence-electron chi connectivity index (χ2n) is 5.12. The molecule has 0 heterocycles. The van der Waals surface area contributed by atoms with Crippen molar-refractivity contribution in [1.29, 1.82) is 0 Å². The van der Waals surface area contributed by atoms with Crippen LogP contribution in [0.3, 0.4) is 0 Å². The lowest BCUT2D eigenvalue weighted by molar-refractivity contribution is -0.142. The number of nitrogens with one attached hydrogen (secondary N) is 2. The first-order chi connectivity index (χ1) is 9.79. The first-order valence-corrected chi connectivity index (χ1v) is 7.98. The third kappa shape index (κ3) is 6.52. The summed E-state index contributed by atoms with van der Waals surface area (Å²) in [5.74, 6) is -1.22. The molecule has 1 aromatic carbocycles. The van der Waals surface area contributed by atoms with Crippen LogP contribution in [0.4, 0.5) is 10.5 Å². The lowest BCUT2D eigenvalue weighted by Crippen LogP contribution is -2.36. The number of hydrogen-bond donors (Lipinski definition) is 3. The number of halogens is 2. The summed E-state index contributed by atoms with van der Waals surface area (Å²) in [5.41, 5.74) is 0.633. The van der Waals surface area contributed by atoms with Gasteiger partial charge in [0.15, 0.2) is 0 Å². The number of urea groups is 1. The van der Waals surface area contributed by atoms with E-state index in [1.165, 1.54) is 0 Å². The van der Waals surface area contributed by atoms with E-state index < -0.39 is 17.9 Å². The van der Waals surface area contributed by atoms with E-state index in [4.69, 9.17) is 16.7 Å². The average Bonchev–Trinajstić information content (AvgIpc) is 2.37. The molecule has 0 aromatic heterocycles. The van der Waals surface area contributed by atoms with Gasteiger partial charge in [-0.2, -0.15) is 0 Å². The van der Waals surface area contributed by atoms with Gasteiger partial charge in [0.1, 0.15) is 0 Å². The van der Waals surface area contributed by atoms with Crippen molar-refractivity contribution in [2.45, 2.75) is 20.3 Å². The SMILES string of the molecule is CC(C)CC(CNC(=O)Nc1ccc(Cl)cc1I)C(=O)O. The van der Waals surface area contributed by atoms with Crippen LogP contribution >= 0.6 is 34.2 Å². The Morgan fingerprint density at radius 2 is 2.05 bits per heavy atom. The number of rotatable bonds is 6. The minimum Gasteiger partial charge on any atom is -0.481 e. The maximum absolute atomic E-state index is 11.8. The number of carbonyl (C=O) groups is 2. The Kier molecular flexibility index (Phi) is 7.24. The fourth-order valence-corrected chi connectivity index (χ4v) is 2.82. The molecule has 0 aliphatic carbocycles. The molecule has 1 rings (SSSR count). The van der Waals surface area contributed by atoms with Crippen molar-refractivity contribution in [3.63, 3.8) is 0 Å². The molecule has 0 aliphatic rings. The first kappa shape index (κ1) is 18.0. The number of hydrogen-bond acceptors (Lipinski definition) is 2. The molecule has 5 nitrogen and oxygen atoms in total. The molecule has 2 amide bonds. The van der Waals surface area contributed by atoms with E-state index in [2.05, 4.69) is 33.2 Å². The number of carboxylic acid groups (broad SMARTS) is 1. The van der Waals surface area contributed by atoms with E-state index in [0.717, 1.165) is 3.57 Å². The van der Waals surface area contributed by atoms with Crippen LogP contribution in [0.2, 0.25) is 5.02 Å². The summed E-state index contributed by atoms with van der Waals surface area (Å²) in [4.78, 5) is 22.9. The number of benzene rings is 1. The molecule has 0 saturated carbocycles. The van der Waals surface area contributed by atoms with Crippen LogP contribution in [0.1, 0.15) is 20.3 Å². The summed E-state index contributed by atoms with van der Waals surface area (Å²) in [5, 5.41) is 15.0. The maximum Gasteiger partial charge on any atom is 0.319 e. The number of aliphatic carboxylic acids is 1. The lowest BCUT2D eigenvalue weighted by atomic mass is 9.97. The minimum absolute atomic E-state index is 0.101. The van der Waals surface area contributed by atoms with Crippen LogP contribution in [-0.2, 0) is 4.79 Å². The minimum atomic E-state index is -0.898. The lowest BCUT2D eigenvalue weighted by Gasteiger charge is -2.16. The number of carbonyl (C=O) groups excluding carboxylic acids is 1. The van der Waals surface area contributed by atoms with Gasteiger partial charge in [0, 0.05) is 15.1 Å². The molecule has 1 aromatic rings. The Morgan fingerprint density at radius 1 is 1.38 bits per heavy atom. The number of amides is 2. The van der Waals surface area contributed by atoms with Crippen LogP contribution in [0.5, 0.6) is 0 Å². The van der Waals surface area contributed by atoms with Crippen molar-refractivity contribution in [2.24, 2.45) is 11.8 Å². The number of carboxylic acids is 1. The van der Waals surface area contributed by atoms with Crippen molar-refractivity contribution in [3.8, 4) is 0 Å². The summed E-state index contributed by atoms with van der Waals surface area (Å²) in [6.45, 7) is 4.00. The Hall–Kier alpha value is -1.02. The van der Waals surface area contributed by atoms with Gasteiger partial charge in [-0.1, -0.05) is 25.4 Å². The van der Waals surface area contributed by atoms with E-state index in [9.17, 15) is 9.59 Å². The zero-order valence-electron chi connectivity index (χ0n) is 11.8. The predicted octanol–water partition coefficient (Wildman–Crippen LogP) is 3.81. The van der Waals surface area contributed by atoms with Gasteiger partial charge in [-0.25, -0.2) is 4.79 Å². The van der Waals surface area contributed by atoms with Gasteiger partial charge in [0.2, 0.25) is 0 Å². The molecule has 1 unspecified atom stereocenters. The van der Waals surface area contributed by atoms with Crippen LogP contribution in [0.15, 0.2) is 18.2 Å². The molecule has 0 fully saturated rings. The summed E-state index contributed by atoms with van der Waals surface area (Å²) < 4.78 is 0.812. The average molecular weight is 425 g/mol. The maximum atomic E-state index is 11.8. The molecular weight excluding hydrogens is 407 g/mol. The van der Waals surface area contributed by atoms with Gasteiger partial charge in [-0.15, -0.1) is 0 Å². The van der Waals surface area contributed by atoms with E-state index in [1.54, 1.807) is 18.2 Å². The molecule has 0 radical (unpaired) electrons. The normalized spacial score (nSPS) is 12.0. The van der Waals surface area contributed by atoms with Gasteiger partial charge < -0.3 is 15.7 Å². The Balaban J connectivity index is 2.54. The molecule has 0 saturated heterocycles. The fraction of sp³-hybridized carbons (Fsp3) is 0.429. The predicted molar refractivity (Wildman–Crippen MR) is 91.8 cm³/mol. The third-order valence-corrected chi connectivity index (χ3v) is 3.92. The summed E-state index contributed by atoms with van der Waals surface area (Å²) >= 11 is 7.91. The summed E-state index contributed by atoms with van der Waals surface area (Å²) in [6.07, 6.45) is 0.522. The van der Waals surface area contributed by atoms with Gasteiger partial charge in [-0.3, -0.25) is 4.79 Å². The number of anilines is 1. The fourth-order valence-electron chi connectivity index (χ4n) is 1.81.